The van der Waals surface area contributed by atoms with E-state index in [-0.39, 0.29) is 11.4 Å². The predicted molar refractivity (Wildman–Crippen MR) is 192 cm³/mol. The van der Waals surface area contributed by atoms with Gasteiger partial charge in [0.15, 0.2) is 12.7 Å². The monoisotopic (exact) mass is 652 g/mol. The van der Waals surface area contributed by atoms with E-state index in [9.17, 15) is 4.79 Å². The van der Waals surface area contributed by atoms with Crippen molar-refractivity contribution < 1.29 is 23.8 Å². The molecule has 1 atom stereocenters. The number of nitrogens with zero attached hydrogens (tertiary/aromatic N) is 2. The number of carbonyl (C=O) groups is 1. The van der Waals surface area contributed by atoms with Crippen LogP contribution in [0.3, 0.4) is 0 Å². The fourth-order valence-corrected chi connectivity index (χ4v) is 5.38. The normalized spacial score (nSPS) is 12.7. The predicted octanol–water partition coefficient (Wildman–Crippen LogP) is 8.74. The first-order valence-corrected chi connectivity index (χ1v) is 19.9. The molecule has 248 valence electrons. The molecule has 0 bridgehead atoms. The summed E-state index contributed by atoms with van der Waals surface area (Å²) in [7, 11) is -1.34. The zero-order chi connectivity index (χ0) is 33.9. The van der Waals surface area contributed by atoms with E-state index in [4.69, 9.17) is 19.0 Å². The molecule has 3 aromatic carbocycles. The number of pyridine rings is 1. The van der Waals surface area contributed by atoms with Crippen molar-refractivity contribution >= 4 is 19.8 Å². The molecule has 0 saturated carbocycles. The number of hydrogen-bond donors (Lipinski definition) is 0. The van der Waals surface area contributed by atoms with E-state index in [1.54, 1.807) is 6.20 Å². The van der Waals surface area contributed by atoms with E-state index in [0.29, 0.717) is 37.7 Å². The van der Waals surface area contributed by atoms with Crippen LogP contribution in [-0.4, -0.2) is 50.7 Å². The molecule has 0 saturated heterocycles. The number of benzene rings is 3. The first-order valence-electron chi connectivity index (χ1n) is 16.2. The molecule has 8 heteroatoms. The molecule has 47 heavy (non-hydrogen) atoms. The summed E-state index contributed by atoms with van der Waals surface area (Å²) in [5.41, 5.74) is 5.92. The van der Waals surface area contributed by atoms with Crippen LogP contribution < -0.4 is 9.47 Å². The van der Waals surface area contributed by atoms with Gasteiger partial charge in [0.05, 0.1) is 18.0 Å². The number of oxime groups is 1. The molecular formula is C39H48N2O5Si. The van der Waals surface area contributed by atoms with Gasteiger partial charge in [0.2, 0.25) is 0 Å². The maximum absolute atomic E-state index is 13.2. The SMILES string of the molecule is CC(=NOCCOc1ccc(CC(Oc2ccc(C(C)(C)C)cc2)C(=O)OCC[Si](C)(C)C)cc1)c1ccc(-c2ccccn2)cc1. The van der Waals surface area contributed by atoms with Gasteiger partial charge < -0.3 is 19.0 Å². The molecule has 0 spiro atoms. The van der Waals surface area contributed by atoms with Crippen LogP contribution in [0.5, 0.6) is 11.5 Å². The fraction of sp³-hybridized carbons (Fsp3) is 0.359. The van der Waals surface area contributed by atoms with Gasteiger partial charge in [-0.3, -0.25) is 4.98 Å². The summed E-state index contributed by atoms with van der Waals surface area (Å²) in [6, 6.07) is 30.5. The highest BCUT2D eigenvalue weighted by Gasteiger charge is 2.24. The average Bonchev–Trinajstić information content (AvgIpc) is 3.04. The van der Waals surface area contributed by atoms with Crippen molar-refractivity contribution in [3.05, 3.63) is 114 Å². The maximum Gasteiger partial charge on any atom is 0.347 e. The summed E-state index contributed by atoms with van der Waals surface area (Å²) in [5, 5.41) is 4.24. The number of ether oxygens (including phenoxy) is 3. The van der Waals surface area contributed by atoms with Crippen LogP contribution in [0.2, 0.25) is 25.7 Å². The molecular weight excluding hydrogens is 605 g/mol. The number of carbonyl (C=O) groups excluding carboxylic acids is 1. The lowest BCUT2D eigenvalue weighted by Crippen LogP contribution is -2.33. The van der Waals surface area contributed by atoms with Gasteiger partial charge in [-0.25, -0.2) is 4.79 Å². The Labute approximate surface area is 281 Å². The van der Waals surface area contributed by atoms with Gasteiger partial charge in [0.1, 0.15) is 18.1 Å². The van der Waals surface area contributed by atoms with Crippen LogP contribution >= 0.6 is 0 Å². The Morgan fingerprint density at radius 2 is 1.51 bits per heavy atom. The van der Waals surface area contributed by atoms with Crippen molar-refractivity contribution in [3.63, 3.8) is 0 Å². The van der Waals surface area contributed by atoms with Crippen molar-refractivity contribution in [2.75, 3.05) is 19.8 Å². The van der Waals surface area contributed by atoms with Crippen molar-refractivity contribution in [2.45, 2.75) is 71.3 Å². The second-order valence-corrected chi connectivity index (χ2v) is 19.5. The van der Waals surface area contributed by atoms with Crippen LogP contribution in [0.15, 0.2) is 102 Å². The van der Waals surface area contributed by atoms with Crippen molar-refractivity contribution in [1.29, 1.82) is 0 Å². The Morgan fingerprint density at radius 3 is 2.13 bits per heavy atom. The van der Waals surface area contributed by atoms with Crippen molar-refractivity contribution in [2.24, 2.45) is 5.16 Å². The Balaban J connectivity index is 1.28. The zero-order valence-corrected chi connectivity index (χ0v) is 29.8. The van der Waals surface area contributed by atoms with Crippen LogP contribution in [0.25, 0.3) is 11.3 Å². The lowest BCUT2D eigenvalue weighted by Gasteiger charge is -2.22. The van der Waals surface area contributed by atoms with E-state index in [2.05, 4.69) is 50.6 Å². The smallest absolute Gasteiger partial charge is 0.347 e. The average molecular weight is 653 g/mol. The van der Waals surface area contributed by atoms with Crippen LogP contribution in [0, 0.1) is 0 Å². The Kier molecular flexibility index (Phi) is 12.4. The Hall–Kier alpha value is -4.43. The molecule has 0 radical (unpaired) electrons. The van der Waals surface area contributed by atoms with Gasteiger partial charge in [0, 0.05) is 26.3 Å². The summed E-state index contributed by atoms with van der Waals surface area (Å²) in [6.45, 7) is 16.3. The van der Waals surface area contributed by atoms with Crippen molar-refractivity contribution in [1.82, 2.24) is 4.98 Å². The minimum atomic E-state index is -1.34. The second kappa shape index (κ2) is 16.4. The van der Waals surface area contributed by atoms with Crippen LogP contribution in [0.1, 0.15) is 44.4 Å². The third kappa shape index (κ3) is 11.7. The lowest BCUT2D eigenvalue weighted by atomic mass is 9.87. The fourth-order valence-electron chi connectivity index (χ4n) is 4.67. The molecule has 0 aliphatic heterocycles. The number of esters is 1. The van der Waals surface area contributed by atoms with Gasteiger partial charge in [0.25, 0.3) is 0 Å². The minimum Gasteiger partial charge on any atom is -0.490 e. The molecule has 0 aliphatic rings. The summed E-state index contributed by atoms with van der Waals surface area (Å²) < 4.78 is 17.8. The highest BCUT2D eigenvalue weighted by molar-refractivity contribution is 6.76. The third-order valence-electron chi connectivity index (χ3n) is 7.61. The molecule has 1 aromatic heterocycles. The van der Waals surface area contributed by atoms with Crippen molar-refractivity contribution in [3.8, 4) is 22.8 Å². The Morgan fingerprint density at radius 1 is 0.830 bits per heavy atom. The van der Waals surface area contributed by atoms with E-state index < -0.39 is 14.2 Å². The molecule has 4 aromatic rings. The van der Waals surface area contributed by atoms with Gasteiger partial charge in [-0.2, -0.15) is 0 Å². The van der Waals surface area contributed by atoms with Crippen LogP contribution in [-0.2, 0) is 26.2 Å². The summed E-state index contributed by atoms with van der Waals surface area (Å²) in [5.74, 6) is 1.00. The summed E-state index contributed by atoms with van der Waals surface area (Å²) in [4.78, 5) is 23.1. The lowest BCUT2D eigenvalue weighted by molar-refractivity contribution is -0.151. The molecule has 7 nitrogen and oxygen atoms in total. The molecule has 4 rings (SSSR count). The third-order valence-corrected chi connectivity index (χ3v) is 9.31. The highest BCUT2D eigenvalue weighted by Crippen LogP contribution is 2.26. The van der Waals surface area contributed by atoms with Gasteiger partial charge in [-0.1, -0.05) is 100 Å². The molecule has 1 unspecified atom stereocenters. The van der Waals surface area contributed by atoms with E-state index in [1.807, 2.05) is 97.9 Å². The van der Waals surface area contributed by atoms with Gasteiger partial charge in [-0.15, -0.1) is 0 Å². The van der Waals surface area contributed by atoms with Gasteiger partial charge in [-0.05, 0) is 71.5 Å². The van der Waals surface area contributed by atoms with E-state index in [1.165, 1.54) is 5.56 Å². The molecule has 0 N–H and O–H groups in total. The van der Waals surface area contributed by atoms with E-state index in [0.717, 1.165) is 34.1 Å². The zero-order valence-electron chi connectivity index (χ0n) is 28.8. The molecule has 0 fully saturated rings. The minimum absolute atomic E-state index is 0.0317. The topological polar surface area (TPSA) is 79.2 Å². The molecule has 0 aliphatic carbocycles. The molecule has 1 heterocycles. The second-order valence-electron chi connectivity index (χ2n) is 13.9. The first-order chi connectivity index (χ1) is 22.4. The number of rotatable bonds is 15. The first kappa shape index (κ1) is 35.4. The summed E-state index contributed by atoms with van der Waals surface area (Å²) in [6.07, 6.45) is 1.41. The number of hydrogen-bond acceptors (Lipinski definition) is 7. The Bertz CT molecular complexity index is 1570. The molecule has 0 amide bonds. The standard InChI is InChI=1S/C39H48N2O5Si/c1-29(31-13-15-32(16-14-31)36-10-8-9-23-40-36)41-45-25-24-43-34-19-11-30(12-20-34)28-37(38(42)44-26-27-47(5,6)7)46-35-21-17-33(18-22-35)39(2,3)4/h8-23,37H,24-28H2,1-7H3. The summed E-state index contributed by atoms with van der Waals surface area (Å²) >= 11 is 0. The largest absolute Gasteiger partial charge is 0.490 e. The van der Waals surface area contributed by atoms with E-state index >= 15 is 0 Å². The quantitative estimate of drug-likeness (QED) is 0.0420. The highest BCUT2D eigenvalue weighted by atomic mass is 28.3. The van der Waals surface area contributed by atoms with Crippen LogP contribution in [0.4, 0.5) is 0 Å². The number of aromatic nitrogens is 1. The maximum atomic E-state index is 13.2. The van der Waals surface area contributed by atoms with Gasteiger partial charge >= 0.3 is 5.97 Å².